The molecule has 2 rings (SSSR count). The van der Waals surface area contributed by atoms with E-state index < -0.39 is 0 Å². The van der Waals surface area contributed by atoms with Crippen LogP contribution in [0, 0.1) is 13.8 Å². The number of carbonyl (C=O) groups excluding carboxylic acids is 1. The zero-order valence-corrected chi connectivity index (χ0v) is 10.5. The van der Waals surface area contributed by atoms with E-state index in [1.807, 2.05) is 11.0 Å². The fourth-order valence-electron chi connectivity index (χ4n) is 2.11. The molecule has 1 saturated heterocycles. The summed E-state index contributed by atoms with van der Waals surface area (Å²) in [6.07, 6.45) is 0.605. The van der Waals surface area contributed by atoms with E-state index >= 15 is 0 Å². The molecule has 0 aliphatic carbocycles. The Morgan fingerprint density at radius 2 is 1.93 bits per heavy atom. The zero-order chi connectivity index (χ0) is 11.0. The highest BCUT2D eigenvalue weighted by molar-refractivity contribution is 9.09. The molecule has 1 amide bonds. The molecular formula is C12H14BrNO. The van der Waals surface area contributed by atoms with Crippen LogP contribution in [0.4, 0.5) is 5.69 Å². The molecule has 1 aliphatic rings. The van der Waals surface area contributed by atoms with E-state index in [0.29, 0.717) is 11.2 Å². The van der Waals surface area contributed by atoms with E-state index in [-0.39, 0.29) is 5.91 Å². The second-order valence-corrected chi connectivity index (χ2v) is 5.34. The summed E-state index contributed by atoms with van der Waals surface area (Å²) in [5.41, 5.74) is 3.43. The van der Waals surface area contributed by atoms with Gasteiger partial charge in [0, 0.05) is 23.5 Å². The van der Waals surface area contributed by atoms with Crippen molar-refractivity contribution in [2.45, 2.75) is 25.1 Å². The molecule has 1 aromatic rings. The Labute approximate surface area is 98.4 Å². The van der Waals surface area contributed by atoms with E-state index in [9.17, 15) is 4.79 Å². The monoisotopic (exact) mass is 267 g/mol. The topological polar surface area (TPSA) is 20.3 Å². The Morgan fingerprint density at radius 1 is 1.33 bits per heavy atom. The second-order valence-electron chi connectivity index (χ2n) is 4.05. The van der Waals surface area contributed by atoms with Gasteiger partial charge in [-0.15, -0.1) is 0 Å². The van der Waals surface area contributed by atoms with Gasteiger partial charge in [-0.25, -0.2) is 0 Å². The molecular weight excluding hydrogens is 254 g/mol. The van der Waals surface area contributed by atoms with Gasteiger partial charge in [0.15, 0.2) is 0 Å². The van der Waals surface area contributed by atoms with E-state index in [2.05, 4.69) is 41.9 Å². The number of anilines is 1. The number of hydrogen-bond acceptors (Lipinski definition) is 1. The zero-order valence-electron chi connectivity index (χ0n) is 8.96. The fraction of sp³-hybridized carbons (Fsp3) is 0.417. The van der Waals surface area contributed by atoms with Gasteiger partial charge < -0.3 is 4.90 Å². The molecule has 0 N–H and O–H groups in total. The lowest BCUT2D eigenvalue weighted by atomic mass is 10.1. The van der Waals surface area contributed by atoms with Gasteiger partial charge in [-0.2, -0.15) is 0 Å². The largest absolute Gasteiger partial charge is 0.311 e. The average molecular weight is 268 g/mol. The highest BCUT2D eigenvalue weighted by atomic mass is 79.9. The predicted molar refractivity (Wildman–Crippen MR) is 65.6 cm³/mol. The third kappa shape index (κ3) is 1.93. The highest BCUT2D eigenvalue weighted by Gasteiger charge is 2.30. The van der Waals surface area contributed by atoms with Crippen LogP contribution in [0.3, 0.4) is 0 Å². The first-order valence-corrected chi connectivity index (χ1v) is 6.02. The van der Waals surface area contributed by atoms with Crippen molar-refractivity contribution in [3.8, 4) is 0 Å². The molecule has 1 unspecified atom stereocenters. The number of nitrogens with zero attached hydrogens (tertiary/aromatic N) is 1. The number of rotatable bonds is 1. The van der Waals surface area contributed by atoms with Crippen molar-refractivity contribution >= 4 is 27.5 Å². The molecule has 0 radical (unpaired) electrons. The van der Waals surface area contributed by atoms with Gasteiger partial charge >= 0.3 is 0 Å². The van der Waals surface area contributed by atoms with Gasteiger partial charge in [-0.05, 0) is 25.0 Å². The number of aryl methyl sites for hydroxylation is 2. The van der Waals surface area contributed by atoms with Crippen LogP contribution >= 0.6 is 15.9 Å². The predicted octanol–water partition coefficient (Wildman–Crippen LogP) is 2.80. The van der Waals surface area contributed by atoms with Crippen molar-refractivity contribution < 1.29 is 4.79 Å². The third-order valence-electron chi connectivity index (χ3n) is 2.79. The normalized spacial score (nSPS) is 21.1. The fourth-order valence-corrected chi connectivity index (χ4v) is 2.68. The molecule has 15 heavy (non-hydrogen) atoms. The standard InChI is InChI=1S/C12H14BrNO/c1-8-4-3-5-9(2)12(8)14-7-10(13)6-11(14)15/h3-5,10H,6-7H2,1-2H3. The van der Waals surface area contributed by atoms with E-state index in [1.54, 1.807) is 0 Å². The summed E-state index contributed by atoms with van der Waals surface area (Å²) < 4.78 is 0. The Kier molecular flexibility index (Phi) is 2.83. The lowest BCUT2D eigenvalue weighted by Gasteiger charge is -2.20. The van der Waals surface area contributed by atoms with E-state index in [4.69, 9.17) is 0 Å². The lowest BCUT2D eigenvalue weighted by Crippen LogP contribution is -2.26. The molecule has 0 saturated carbocycles. The Bertz CT molecular complexity index is 382. The summed E-state index contributed by atoms with van der Waals surface area (Å²) in [7, 11) is 0. The van der Waals surface area contributed by atoms with Crippen molar-refractivity contribution in [1.82, 2.24) is 0 Å². The first-order valence-electron chi connectivity index (χ1n) is 5.10. The van der Waals surface area contributed by atoms with Crippen LogP contribution in [0.2, 0.25) is 0 Å². The Balaban J connectivity index is 2.41. The summed E-state index contributed by atoms with van der Waals surface area (Å²) in [6.45, 7) is 4.89. The summed E-state index contributed by atoms with van der Waals surface area (Å²) in [5, 5.41) is 0. The summed E-state index contributed by atoms with van der Waals surface area (Å²) >= 11 is 3.50. The van der Waals surface area contributed by atoms with E-state index in [0.717, 1.165) is 12.2 Å². The van der Waals surface area contributed by atoms with Crippen molar-refractivity contribution in [3.63, 3.8) is 0 Å². The molecule has 80 valence electrons. The summed E-state index contributed by atoms with van der Waals surface area (Å²) in [6, 6.07) is 6.13. The van der Waals surface area contributed by atoms with Crippen LogP contribution in [0.25, 0.3) is 0 Å². The van der Waals surface area contributed by atoms with Gasteiger partial charge in [0.2, 0.25) is 5.91 Å². The molecule has 1 fully saturated rings. The lowest BCUT2D eigenvalue weighted by molar-refractivity contribution is -0.117. The number of alkyl halides is 1. The summed E-state index contributed by atoms with van der Waals surface area (Å²) in [4.78, 5) is 14.0. The minimum atomic E-state index is 0.217. The summed E-state index contributed by atoms with van der Waals surface area (Å²) in [5.74, 6) is 0.217. The maximum Gasteiger partial charge on any atom is 0.228 e. The van der Waals surface area contributed by atoms with Crippen LogP contribution in [0.15, 0.2) is 18.2 Å². The average Bonchev–Trinajstić information content (AvgIpc) is 2.45. The van der Waals surface area contributed by atoms with Crippen molar-refractivity contribution in [1.29, 1.82) is 0 Å². The quantitative estimate of drug-likeness (QED) is 0.717. The highest BCUT2D eigenvalue weighted by Crippen LogP contribution is 2.30. The number of hydrogen-bond donors (Lipinski definition) is 0. The number of para-hydroxylation sites is 1. The Morgan fingerprint density at radius 3 is 2.40 bits per heavy atom. The molecule has 0 spiro atoms. The van der Waals surface area contributed by atoms with Gasteiger partial charge in [0.25, 0.3) is 0 Å². The first kappa shape index (κ1) is 10.7. The van der Waals surface area contributed by atoms with Gasteiger partial charge in [0.1, 0.15) is 0 Å². The van der Waals surface area contributed by atoms with Crippen LogP contribution in [-0.2, 0) is 4.79 Å². The van der Waals surface area contributed by atoms with Gasteiger partial charge in [0.05, 0.1) is 0 Å². The van der Waals surface area contributed by atoms with Crippen molar-refractivity contribution in [3.05, 3.63) is 29.3 Å². The number of carbonyl (C=O) groups is 1. The molecule has 1 atom stereocenters. The molecule has 1 heterocycles. The van der Waals surface area contributed by atoms with Gasteiger partial charge in [-0.3, -0.25) is 4.79 Å². The first-order chi connectivity index (χ1) is 7.09. The van der Waals surface area contributed by atoms with Crippen molar-refractivity contribution in [2.24, 2.45) is 0 Å². The van der Waals surface area contributed by atoms with Crippen molar-refractivity contribution in [2.75, 3.05) is 11.4 Å². The molecule has 3 heteroatoms. The SMILES string of the molecule is Cc1cccc(C)c1N1CC(Br)CC1=O. The van der Waals surface area contributed by atoms with Crippen LogP contribution in [0.5, 0.6) is 0 Å². The smallest absolute Gasteiger partial charge is 0.228 e. The minimum absolute atomic E-state index is 0.217. The molecule has 0 bridgehead atoms. The molecule has 2 nitrogen and oxygen atoms in total. The number of benzene rings is 1. The van der Waals surface area contributed by atoms with Crippen LogP contribution < -0.4 is 4.90 Å². The molecule has 0 aromatic heterocycles. The Hall–Kier alpha value is -0.830. The number of amides is 1. The van der Waals surface area contributed by atoms with E-state index in [1.165, 1.54) is 11.1 Å². The van der Waals surface area contributed by atoms with Crippen LogP contribution in [0.1, 0.15) is 17.5 Å². The van der Waals surface area contributed by atoms with Crippen LogP contribution in [-0.4, -0.2) is 17.3 Å². The molecule has 1 aromatic carbocycles. The maximum atomic E-state index is 11.8. The van der Waals surface area contributed by atoms with Gasteiger partial charge in [-0.1, -0.05) is 34.1 Å². The minimum Gasteiger partial charge on any atom is -0.311 e. The number of halogens is 1. The maximum absolute atomic E-state index is 11.8. The molecule has 1 aliphatic heterocycles. The second kappa shape index (κ2) is 3.97. The third-order valence-corrected chi connectivity index (χ3v) is 3.40.